The Morgan fingerprint density at radius 3 is 2.44 bits per heavy atom. The fraction of sp³-hybridized carbons (Fsp3) is 0.714. The van der Waals surface area contributed by atoms with Crippen molar-refractivity contribution >= 4 is 0 Å². The molecule has 0 aromatic heterocycles. The second-order valence-corrected chi connectivity index (χ2v) is 4.90. The molecule has 0 spiro atoms. The van der Waals surface area contributed by atoms with E-state index in [1.807, 2.05) is 18.2 Å². The Labute approximate surface area is 108 Å². The first kappa shape index (κ1) is 15.4. The highest BCUT2D eigenvalue weighted by Crippen LogP contribution is 2.31. The number of hydrogen-bond donors (Lipinski definition) is 4. The van der Waals surface area contributed by atoms with Gasteiger partial charge in [-0.1, -0.05) is 37.6 Å². The third-order valence-corrected chi connectivity index (χ3v) is 3.52. The van der Waals surface area contributed by atoms with Gasteiger partial charge in [0.25, 0.3) is 0 Å². The molecule has 1 saturated carbocycles. The molecule has 0 aromatic carbocycles. The number of aliphatic hydroxyl groups is 4. The minimum absolute atomic E-state index is 0.116. The van der Waals surface area contributed by atoms with Crippen molar-refractivity contribution in [1.29, 1.82) is 0 Å². The molecule has 0 aliphatic heterocycles. The van der Waals surface area contributed by atoms with Gasteiger partial charge in [0.2, 0.25) is 0 Å². The van der Waals surface area contributed by atoms with Gasteiger partial charge in [-0.3, -0.25) is 0 Å². The van der Waals surface area contributed by atoms with E-state index in [1.165, 1.54) is 0 Å². The lowest BCUT2D eigenvalue weighted by Crippen LogP contribution is -2.51. The first-order chi connectivity index (χ1) is 8.61. The van der Waals surface area contributed by atoms with E-state index in [4.69, 9.17) is 0 Å². The van der Waals surface area contributed by atoms with Crippen molar-refractivity contribution in [2.45, 2.75) is 44.5 Å². The summed E-state index contributed by atoms with van der Waals surface area (Å²) in [5.41, 5.74) is 0. The van der Waals surface area contributed by atoms with Gasteiger partial charge in [-0.25, -0.2) is 0 Å². The minimum Gasteiger partial charge on any atom is -0.396 e. The third kappa shape index (κ3) is 3.92. The fourth-order valence-electron chi connectivity index (χ4n) is 2.34. The second-order valence-electron chi connectivity index (χ2n) is 4.90. The Kier molecular flexibility index (Phi) is 6.57. The average Bonchev–Trinajstić information content (AvgIpc) is 2.36. The maximum Gasteiger partial charge on any atom is 0.106 e. The molecule has 1 aliphatic carbocycles. The van der Waals surface area contributed by atoms with E-state index in [2.05, 4.69) is 13.0 Å². The Bertz CT molecular complexity index is 288. The number of unbranched alkanes of at least 4 members (excludes halogenated alkanes) is 1. The fourth-order valence-corrected chi connectivity index (χ4v) is 2.34. The van der Waals surface area contributed by atoms with Gasteiger partial charge in [-0.2, -0.15) is 0 Å². The highest BCUT2D eigenvalue weighted by molar-refractivity contribution is 5.08. The van der Waals surface area contributed by atoms with Gasteiger partial charge in [0.15, 0.2) is 0 Å². The summed E-state index contributed by atoms with van der Waals surface area (Å²) in [7, 11) is 0. The van der Waals surface area contributed by atoms with Crippen molar-refractivity contribution < 1.29 is 20.4 Å². The largest absolute Gasteiger partial charge is 0.396 e. The van der Waals surface area contributed by atoms with Gasteiger partial charge in [0, 0.05) is 12.5 Å². The number of rotatable bonds is 5. The predicted octanol–water partition coefficient (Wildman–Crippen LogP) is 0.610. The summed E-state index contributed by atoms with van der Waals surface area (Å²) >= 11 is 0. The maximum atomic E-state index is 9.80. The molecule has 18 heavy (non-hydrogen) atoms. The van der Waals surface area contributed by atoms with Crippen LogP contribution in [-0.2, 0) is 0 Å². The monoisotopic (exact) mass is 256 g/mol. The van der Waals surface area contributed by atoms with Gasteiger partial charge in [-0.05, 0) is 18.8 Å². The van der Waals surface area contributed by atoms with Crippen LogP contribution in [0.3, 0.4) is 0 Å². The molecule has 1 rings (SSSR count). The van der Waals surface area contributed by atoms with Crippen molar-refractivity contribution in [3.8, 4) is 0 Å². The highest BCUT2D eigenvalue weighted by Gasteiger charge is 2.41. The molecular weight excluding hydrogens is 232 g/mol. The van der Waals surface area contributed by atoms with Crippen LogP contribution in [0.2, 0.25) is 0 Å². The summed E-state index contributed by atoms with van der Waals surface area (Å²) in [5, 5.41) is 38.3. The minimum atomic E-state index is -1.16. The second kappa shape index (κ2) is 7.69. The molecule has 104 valence electrons. The van der Waals surface area contributed by atoms with Crippen LogP contribution in [0.25, 0.3) is 0 Å². The van der Waals surface area contributed by atoms with E-state index in [-0.39, 0.29) is 12.5 Å². The molecule has 4 N–H and O–H groups in total. The van der Waals surface area contributed by atoms with Crippen molar-refractivity contribution in [2.24, 2.45) is 11.8 Å². The maximum absolute atomic E-state index is 9.80. The lowest BCUT2D eigenvalue weighted by Gasteiger charge is -2.39. The van der Waals surface area contributed by atoms with Crippen LogP contribution in [0.1, 0.15) is 26.2 Å². The van der Waals surface area contributed by atoms with Crippen LogP contribution in [0.15, 0.2) is 24.3 Å². The molecule has 5 unspecified atom stereocenters. The molecule has 0 heterocycles. The summed E-state index contributed by atoms with van der Waals surface area (Å²) in [5.74, 6) is -0.533. The Morgan fingerprint density at radius 1 is 1.11 bits per heavy atom. The van der Waals surface area contributed by atoms with Crippen LogP contribution < -0.4 is 0 Å². The van der Waals surface area contributed by atoms with Gasteiger partial charge in [0.1, 0.15) is 6.10 Å². The number of hydrogen-bond acceptors (Lipinski definition) is 4. The molecule has 5 atom stereocenters. The normalized spacial score (nSPS) is 37.7. The van der Waals surface area contributed by atoms with Crippen LogP contribution in [0, 0.1) is 11.8 Å². The van der Waals surface area contributed by atoms with Crippen molar-refractivity contribution in [1.82, 2.24) is 0 Å². The Morgan fingerprint density at radius 2 is 1.83 bits per heavy atom. The van der Waals surface area contributed by atoms with Crippen LogP contribution in [0.4, 0.5) is 0 Å². The van der Waals surface area contributed by atoms with Crippen molar-refractivity contribution in [3.63, 3.8) is 0 Å². The van der Waals surface area contributed by atoms with Crippen molar-refractivity contribution in [3.05, 3.63) is 24.3 Å². The van der Waals surface area contributed by atoms with Crippen molar-refractivity contribution in [2.75, 3.05) is 6.61 Å². The predicted molar refractivity (Wildman–Crippen MR) is 69.9 cm³/mol. The van der Waals surface area contributed by atoms with E-state index in [0.717, 1.165) is 12.8 Å². The lowest BCUT2D eigenvalue weighted by molar-refractivity contribution is -0.131. The highest BCUT2D eigenvalue weighted by atomic mass is 16.4. The Hall–Kier alpha value is -0.680. The molecule has 4 nitrogen and oxygen atoms in total. The molecule has 0 saturated heterocycles. The average molecular weight is 256 g/mol. The molecule has 4 heteroatoms. The zero-order valence-corrected chi connectivity index (χ0v) is 10.8. The van der Waals surface area contributed by atoms with E-state index >= 15 is 0 Å². The quantitative estimate of drug-likeness (QED) is 0.543. The zero-order valence-electron chi connectivity index (χ0n) is 10.8. The molecule has 1 aliphatic rings. The summed E-state index contributed by atoms with van der Waals surface area (Å²) in [6, 6.07) is 0. The van der Waals surface area contributed by atoms with Gasteiger partial charge < -0.3 is 20.4 Å². The van der Waals surface area contributed by atoms with E-state index < -0.39 is 24.2 Å². The molecule has 1 fully saturated rings. The number of aliphatic hydroxyl groups excluding tert-OH is 4. The lowest BCUT2D eigenvalue weighted by atomic mass is 9.74. The van der Waals surface area contributed by atoms with Crippen LogP contribution >= 0.6 is 0 Å². The topological polar surface area (TPSA) is 80.9 Å². The SMILES string of the molecule is CCCC=CC=CC1CC(O)C(O)C(O)C1CO. The van der Waals surface area contributed by atoms with Gasteiger partial charge in [0.05, 0.1) is 12.2 Å². The summed E-state index contributed by atoms with van der Waals surface area (Å²) in [6.45, 7) is 1.91. The molecular formula is C14H24O4. The smallest absolute Gasteiger partial charge is 0.106 e. The standard InChI is InChI=1S/C14H24O4/c1-2-3-4-5-6-7-10-8-12(16)14(18)13(17)11(10)9-15/h4-7,10-18H,2-3,8-9H2,1H3. The first-order valence-electron chi connectivity index (χ1n) is 6.60. The molecule has 0 bridgehead atoms. The van der Waals surface area contributed by atoms with Crippen LogP contribution in [0.5, 0.6) is 0 Å². The molecule has 0 amide bonds. The van der Waals surface area contributed by atoms with Gasteiger partial charge in [-0.15, -0.1) is 0 Å². The summed E-state index contributed by atoms with van der Waals surface area (Å²) < 4.78 is 0. The number of allylic oxidation sites excluding steroid dienone is 4. The molecule has 0 radical (unpaired) electrons. The van der Waals surface area contributed by atoms with Gasteiger partial charge >= 0.3 is 0 Å². The Balaban J connectivity index is 2.62. The summed E-state index contributed by atoms with van der Waals surface area (Å²) in [4.78, 5) is 0. The zero-order chi connectivity index (χ0) is 13.5. The third-order valence-electron chi connectivity index (χ3n) is 3.52. The molecule has 0 aromatic rings. The van der Waals surface area contributed by atoms with E-state index in [1.54, 1.807) is 0 Å². The van der Waals surface area contributed by atoms with E-state index in [0.29, 0.717) is 6.42 Å². The first-order valence-corrected chi connectivity index (χ1v) is 6.60. The van der Waals surface area contributed by atoms with Crippen LogP contribution in [-0.4, -0.2) is 45.3 Å². The van der Waals surface area contributed by atoms with E-state index in [9.17, 15) is 20.4 Å². The summed E-state index contributed by atoms with van der Waals surface area (Å²) in [6.07, 6.45) is 7.04.